The molecular weight excluding hydrogens is 288 g/mol. The predicted octanol–water partition coefficient (Wildman–Crippen LogP) is 2.98. The fourth-order valence-electron chi connectivity index (χ4n) is 3.43. The number of aromatic nitrogens is 3. The molecule has 1 atom stereocenters. The van der Waals surface area contributed by atoms with Gasteiger partial charge in [0.05, 0.1) is 12.6 Å². The maximum Gasteiger partial charge on any atom is 0.270 e. The number of aryl methyl sites for hydroxylation is 1. The molecule has 1 aromatic carbocycles. The number of carbonyl (C=O) groups excluding carboxylic acids is 1. The molecule has 3 heterocycles. The van der Waals surface area contributed by atoms with E-state index in [9.17, 15) is 4.79 Å². The van der Waals surface area contributed by atoms with Gasteiger partial charge in [0.2, 0.25) is 0 Å². The largest absolute Gasteiger partial charge is 0.351 e. The minimum Gasteiger partial charge on any atom is -0.351 e. The fourth-order valence-corrected chi connectivity index (χ4v) is 3.43. The molecule has 1 saturated heterocycles. The quantitative estimate of drug-likeness (QED) is 0.808. The number of benzene rings is 1. The molecule has 5 heteroatoms. The van der Waals surface area contributed by atoms with E-state index < -0.39 is 0 Å². The van der Waals surface area contributed by atoms with Crippen molar-refractivity contribution < 1.29 is 4.79 Å². The lowest BCUT2D eigenvalue weighted by Crippen LogP contribution is -2.38. The Labute approximate surface area is 134 Å². The van der Waals surface area contributed by atoms with Crippen molar-refractivity contribution >= 4 is 16.8 Å². The van der Waals surface area contributed by atoms with Crippen LogP contribution >= 0.6 is 0 Å². The van der Waals surface area contributed by atoms with Crippen LogP contribution in [-0.4, -0.2) is 38.2 Å². The molecule has 0 spiro atoms. The van der Waals surface area contributed by atoms with Crippen molar-refractivity contribution in [1.29, 1.82) is 0 Å². The van der Waals surface area contributed by atoms with Gasteiger partial charge >= 0.3 is 0 Å². The van der Waals surface area contributed by atoms with Crippen molar-refractivity contribution in [1.82, 2.24) is 19.7 Å². The van der Waals surface area contributed by atoms with Gasteiger partial charge in [0, 0.05) is 29.8 Å². The number of rotatable bonds is 3. The van der Waals surface area contributed by atoms with Crippen molar-refractivity contribution in [2.45, 2.75) is 32.4 Å². The van der Waals surface area contributed by atoms with E-state index in [0.717, 1.165) is 36.8 Å². The molecule has 1 fully saturated rings. The lowest BCUT2D eigenvalue weighted by Gasteiger charge is -2.24. The van der Waals surface area contributed by atoms with Crippen molar-refractivity contribution in [3.63, 3.8) is 0 Å². The summed E-state index contributed by atoms with van der Waals surface area (Å²) in [5.74, 6) is 0.0912. The average Bonchev–Trinajstić information content (AvgIpc) is 3.26. The number of fused-ring (bicyclic) bond motifs is 1. The van der Waals surface area contributed by atoms with Crippen molar-refractivity contribution in [2.75, 3.05) is 6.54 Å². The van der Waals surface area contributed by atoms with E-state index in [4.69, 9.17) is 0 Å². The molecule has 4 rings (SSSR count). The molecule has 2 aromatic heterocycles. The number of amides is 1. The number of nitrogens with one attached hydrogen (secondary N) is 1. The molecule has 118 valence electrons. The summed E-state index contributed by atoms with van der Waals surface area (Å²) >= 11 is 0. The molecule has 0 unspecified atom stereocenters. The molecule has 0 radical (unpaired) electrons. The molecule has 1 aliphatic heterocycles. The normalized spacial score (nSPS) is 18.0. The summed E-state index contributed by atoms with van der Waals surface area (Å²) in [6.07, 6.45) is 5.82. The Balaban J connectivity index is 1.58. The van der Waals surface area contributed by atoms with Crippen LogP contribution in [0.1, 0.15) is 28.9 Å². The highest BCUT2D eigenvalue weighted by atomic mass is 16.2. The maximum atomic E-state index is 12.9. The minimum absolute atomic E-state index is 0.0912. The Bertz CT molecular complexity index is 834. The van der Waals surface area contributed by atoms with Gasteiger partial charge in [-0.25, -0.2) is 0 Å². The van der Waals surface area contributed by atoms with E-state index in [2.05, 4.69) is 35.2 Å². The second kappa shape index (κ2) is 5.57. The molecule has 1 amide bonds. The molecule has 0 bridgehead atoms. The number of carbonyl (C=O) groups is 1. The highest BCUT2D eigenvalue weighted by Crippen LogP contribution is 2.23. The average molecular weight is 308 g/mol. The van der Waals surface area contributed by atoms with E-state index in [1.807, 2.05) is 27.9 Å². The van der Waals surface area contributed by atoms with Gasteiger partial charge in [-0.1, -0.05) is 12.1 Å². The van der Waals surface area contributed by atoms with Crippen LogP contribution in [0.5, 0.6) is 0 Å². The third kappa shape index (κ3) is 2.63. The Hall–Kier alpha value is -2.56. The standard InChI is InChI=1S/C18H20N4O/c1-13-5-6-14-11-17(20-16(14)10-13)18(23)22-9-2-4-15(22)12-21-8-3-7-19-21/h3,5-8,10-11,15,20H,2,4,9,12H2,1H3/t15-/m1/s1. The van der Waals surface area contributed by atoms with Crippen LogP contribution in [0.2, 0.25) is 0 Å². The molecular formula is C18H20N4O. The number of likely N-dealkylation sites (tertiary alicyclic amines) is 1. The van der Waals surface area contributed by atoms with Gasteiger partial charge in [0.15, 0.2) is 0 Å². The first-order valence-electron chi connectivity index (χ1n) is 8.08. The second-order valence-corrected chi connectivity index (χ2v) is 6.30. The lowest BCUT2D eigenvalue weighted by atomic mass is 10.2. The smallest absolute Gasteiger partial charge is 0.270 e. The van der Waals surface area contributed by atoms with Gasteiger partial charge < -0.3 is 9.88 Å². The summed E-state index contributed by atoms with van der Waals surface area (Å²) < 4.78 is 1.91. The van der Waals surface area contributed by atoms with Gasteiger partial charge in [0.1, 0.15) is 5.69 Å². The Morgan fingerprint density at radius 2 is 2.30 bits per heavy atom. The minimum atomic E-state index is 0.0912. The molecule has 1 N–H and O–H groups in total. The summed E-state index contributed by atoms with van der Waals surface area (Å²) in [5, 5.41) is 5.35. The summed E-state index contributed by atoms with van der Waals surface area (Å²) in [4.78, 5) is 18.2. The first-order valence-corrected chi connectivity index (χ1v) is 8.08. The summed E-state index contributed by atoms with van der Waals surface area (Å²) in [7, 11) is 0. The molecule has 3 aromatic rings. The van der Waals surface area contributed by atoms with Crippen LogP contribution < -0.4 is 0 Å². The Kier molecular flexibility index (Phi) is 3.41. The van der Waals surface area contributed by atoms with Crippen LogP contribution in [0.25, 0.3) is 10.9 Å². The summed E-state index contributed by atoms with van der Waals surface area (Å²) in [6.45, 7) is 3.64. The van der Waals surface area contributed by atoms with Crippen LogP contribution in [0.3, 0.4) is 0 Å². The number of aromatic amines is 1. The van der Waals surface area contributed by atoms with Crippen LogP contribution in [0.4, 0.5) is 0 Å². The SMILES string of the molecule is Cc1ccc2cc(C(=O)N3CCC[C@@H]3Cn3cccn3)[nH]c2c1. The zero-order valence-corrected chi connectivity index (χ0v) is 13.2. The number of H-pyrrole nitrogens is 1. The zero-order valence-electron chi connectivity index (χ0n) is 13.2. The monoisotopic (exact) mass is 308 g/mol. The van der Waals surface area contributed by atoms with E-state index >= 15 is 0 Å². The molecule has 5 nitrogen and oxygen atoms in total. The topological polar surface area (TPSA) is 53.9 Å². The maximum absolute atomic E-state index is 12.9. The summed E-state index contributed by atoms with van der Waals surface area (Å²) in [5.41, 5.74) is 2.89. The van der Waals surface area contributed by atoms with Crippen molar-refractivity contribution in [2.24, 2.45) is 0 Å². The van der Waals surface area contributed by atoms with Crippen LogP contribution in [0.15, 0.2) is 42.7 Å². The molecule has 0 aliphatic carbocycles. The first-order chi connectivity index (χ1) is 11.2. The van der Waals surface area contributed by atoms with E-state index in [-0.39, 0.29) is 11.9 Å². The third-order valence-electron chi connectivity index (χ3n) is 4.60. The van der Waals surface area contributed by atoms with Crippen LogP contribution in [0, 0.1) is 6.92 Å². The summed E-state index contributed by atoms with van der Waals surface area (Å²) in [6, 6.07) is 10.3. The molecule has 1 aliphatic rings. The second-order valence-electron chi connectivity index (χ2n) is 6.30. The van der Waals surface area contributed by atoms with Crippen molar-refractivity contribution in [3.8, 4) is 0 Å². The predicted molar refractivity (Wildman–Crippen MR) is 89.3 cm³/mol. The van der Waals surface area contributed by atoms with Gasteiger partial charge in [-0.2, -0.15) is 5.10 Å². The van der Waals surface area contributed by atoms with E-state index in [1.165, 1.54) is 5.56 Å². The zero-order chi connectivity index (χ0) is 15.8. The van der Waals surface area contributed by atoms with Gasteiger partial charge in [0.25, 0.3) is 5.91 Å². The molecule has 23 heavy (non-hydrogen) atoms. The van der Waals surface area contributed by atoms with Crippen LogP contribution in [-0.2, 0) is 6.54 Å². The number of hydrogen-bond acceptors (Lipinski definition) is 2. The van der Waals surface area contributed by atoms with Crippen molar-refractivity contribution in [3.05, 3.63) is 54.0 Å². The van der Waals surface area contributed by atoms with Gasteiger partial charge in [-0.05, 0) is 43.5 Å². The number of nitrogens with zero attached hydrogens (tertiary/aromatic N) is 3. The van der Waals surface area contributed by atoms with Gasteiger partial charge in [-0.3, -0.25) is 9.48 Å². The Morgan fingerprint density at radius 3 is 3.13 bits per heavy atom. The fraction of sp³-hybridized carbons (Fsp3) is 0.333. The third-order valence-corrected chi connectivity index (χ3v) is 4.60. The molecule has 0 saturated carbocycles. The van der Waals surface area contributed by atoms with E-state index in [1.54, 1.807) is 6.20 Å². The van der Waals surface area contributed by atoms with Gasteiger partial charge in [-0.15, -0.1) is 0 Å². The highest BCUT2D eigenvalue weighted by Gasteiger charge is 2.30. The lowest BCUT2D eigenvalue weighted by molar-refractivity contribution is 0.0716. The Morgan fingerprint density at radius 1 is 1.39 bits per heavy atom. The highest BCUT2D eigenvalue weighted by molar-refractivity contribution is 5.98. The first kappa shape index (κ1) is 14.1. The number of hydrogen-bond donors (Lipinski definition) is 1. The van der Waals surface area contributed by atoms with E-state index in [0.29, 0.717) is 5.69 Å².